The van der Waals surface area contributed by atoms with Crippen molar-refractivity contribution >= 4 is 17.2 Å². The fourth-order valence-corrected chi connectivity index (χ4v) is 3.78. The van der Waals surface area contributed by atoms with Crippen molar-refractivity contribution in [2.45, 2.75) is 25.8 Å². The normalized spacial score (nSPS) is 15.9. The summed E-state index contributed by atoms with van der Waals surface area (Å²) in [7, 11) is 4.06. The Morgan fingerprint density at radius 1 is 1.25 bits per heavy atom. The molecule has 1 amide bonds. The average Bonchev–Trinajstić information content (AvgIpc) is 3.11. The second-order valence-electron chi connectivity index (χ2n) is 6.65. The number of likely N-dealkylation sites (tertiary alicyclic amines) is 1. The van der Waals surface area contributed by atoms with Gasteiger partial charge in [0, 0.05) is 25.8 Å². The summed E-state index contributed by atoms with van der Waals surface area (Å²) < 4.78 is 0. The Hall–Kier alpha value is -1.79. The largest absolute Gasteiger partial charge is 0.338 e. The van der Waals surface area contributed by atoms with Gasteiger partial charge in [0.15, 0.2) is 0 Å². The van der Waals surface area contributed by atoms with Crippen LogP contribution in [-0.2, 0) is 13.0 Å². The van der Waals surface area contributed by atoms with Crippen molar-refractivity contribution < 1.29 is 4.79 Å². The lowest BCUT2D eigenvalue weighted by Crippen LogP contribution is -2.38. The van der Waals surface area contributed by atoms with Crippen molar-refractivity contribution in [3.63, 3.8) is 0 Å². The van der Waals surface area contributed by atoms with Crippen LogP contribution in [0.15, 0.2) is 29.9 Å². The molecule has 0 spiro atoms. The van der Waals surface area contributed by atoms with E-state index in [1.807, 2.05) is 48.9 Å². The van der Waals surface area contributed by atoms with E-state index >= 15 is 0 Å². The zero-order valence-electron chi connectivity index (χ0n) is 14.3. The van der Waals surface area contributed by atoms with Crippen molar-refractivity contribution in [3.05, 3.63) is 46.2 Å². The fourth-order valence-electron chi connectivity index (χ4n) is 3.08. The van der Waals surface area contributed by atoms with E-state index in [2.05, 4.69) is 14.9 Å². The van der Waals surface area contributed by atoms with Crippen LogP contribution >= 0.6 is 11.3 Å². The minimum absolute atomic E-state index is 0.177. The number of piperidine rings is 1. The van der Waals surface area contributed by atoms with Gasteiger partial charge in [-0.2, -0.15) is 0 Å². The number of hydrogen-bond donors (Lipinski definition) is 0. The molecule has 1 aliphatic rings. The summed E-state index contributed by atoms with van der Waals surface area (Å²) in [5.74, 6) is 0.766. The molecule has 0 bridgehead atoms. The molecule has 2 aromatic heterocycles. The molecule has 24 heavy (non-hydrogen) atoms. The molecule has 0 aliphatic carbocycles. The Balaban J connectivity index is 1.49. The molecule has 2 aromatic rings. The minimum Gasteiger partial charge on any atom is -0.338 e. The van der Waals surface area contributed by atoms with Gasteiger partial charge in [-0.1, -0.05) is 6.07 Å². The van der Waals surface area contributed by atoms with E-state index in [1.165, 1.54) is 11.3 Å². The number of carbonyl (C=O) groups is 1. The van der Waals surface area contributed by atoms with Crippen molar-refractivity contribution in [2.75, 3.05) is 27.2 Å². The van der Waals surface area contributed by atoms with Crippen LogP contribution in [0, 0.1) is 5.92 Å². The predicted octanol–water partition coefficient (Wildman–Crippen LogP) is 2.69. The molecule has 0 unspecified atom stereocenters. The molecular weight excluding hydrogens is 320 g/mol. The molecule has 0 radical (unpaired) electrons. The molecular formula is C18H24N4OS. The van der Waals surface area contributed by atoms with Crippen molar-refractivity contribution in [2.24, 2.45) is 5.92 Å². The van der Waals surface area contributed by atoms with Crippen molar-refractivity contribution in [3.8, 4) is 0 Å². The molecule has 0 N–H and O–H groups in total. The second-order valence-corrected chi connectivity index (χ2v) is 7.60. The van der Waals surface area contributed by atoms with Crippen LogP contribution in [0.4, 0.5) is 0 Å². The minimum atomic E-state index is 0.177. The van der Waals surface area contributed by atoms with E-state index in [-0.39, 0.29) is 5.91 Å². The molecule has 6 heteroatoms. The van der Waals surface area contributed by atoms with E-state index in [0.29, 0.717) is 5.92 Å². The Bertz CT molecular complexity index is 646. The van der Waals surface area contributed by atoms with Crippen LogP contribution < -0.4 is 0 Å². The molecule has 128 valence electrons. The SMILES string of the molecule is CN(C)Cc1cnc(CC2CCN(C(=O)c3cccs3)CC2)cn1. The van der Waals surface area contributed by atoms with Crippen LogP contribution in [0.25, 0.3) is 0 Å². The summed E-state index contributed by atoms with van der Waals surface area (Å²) >= 11 is 1.52. The summed E-state index contributed by atoms with van der Waals surface area (Å²) in [5.41, 5.74) is 2.06. The molecule has 1 saturated heterocycles. The van der Waals surface area contributed by atoms with Gasteiger partial charge < -0.3 is 9.80 Å². The third-order valence-corrected chi connectivity index (χ3v) is 5.23. The first-order chi connectivity index (χ1) is 11.6. The van der Waals surface area contributed by atoms with Crippen LogP contribution in [0.2, 0.25) is 0 Å². The molecule has 0 aromatic carbocycles. The van der Waals surface area contributed by atoms with Crippen LogP contribution in [0.3, 0.4) is 0 Å². The summed E-state index contributed by atoms with van der Waals surface area (Å²) in [5, 5.41) is 1.96. The third kappa shape index (κ3) is 4.39. The highest BCUT2D eigenvalue weighted by Gasteiger charge is 2.24. The molecule has 3 rings (SSSR count). The standard InChI is InChI=1S/C18H24N4OS/c1-21(2)13-16-12-19-15(11-20-16)10-14-5-7-22(8-6-14)18(23)17-4-3-9-24-17/h3-4,9,11-12,14H,5-8,10,13H2,1-2H3. The number of rotatable bonds is 5. The first kappa shape index (κ1) is 17.0. The number of hydrogen-bond acceptors (Lipinski definition) is 5. The highest BCUT2D eigenvalue weighted by Crippen LogP contribution is 2.23. The zero-order chi connectivity index (χ0) is 16.9. The van der Waals surface area contributed by atoms with Gasteiger partial charge >= 0.3 is 0 Å². The number of aromatic nitrogens is 2. The third-order valence-electron chi connectivity index (χ3n) is 4.37. The van der Waals surface area contributed by atoms with Gasteiger partial charge in [0.25, 0.3) is 5.91 Å². The van der Waals surface area contributed by atoms with Crippen molar-refractivity contribution in [1.82, 2.24) is 19.8 Å². The van der Waals surface area contributed by atoms with Gasteiger partial charge in [0.05, 0.1) is 22.5 Å². The highest BCUT2D eigenvalue weighted by molar-refractivity contribution is 7.12. The molecule has 0 atom stereocenters. The quantitative estimate of drug-likeness (QED) is 0.837. The molecule has 3 heterocycles. The maximum Gasteiger partial charge on any atom is 0.263 e. The average molecular weight is 344 g/mol. The maximum absolute atomic E-state index is 12.4. The van der Waals surface area contributed by atoms with E-state index in [4.69, 9.17) is 0 Å². The van der Waals surface area contributed by atoms with Gasteiger partial charge in [-0.05, 0) is 50.7 Å². The van der Waals surface area contributed by atoms with Crippen molar-refractivity contribution in [1.29, 1.82) is 0 Å². The van der Waals surface area contributed by atoms with Gasteiger partial charge in [-0.3, -0.25) is 14.8 Å². The van der Waals surface area contributed by atoms with E-state index in [0.717, 1.165) is 55.2 Å². The van der Waals surface area contributed by atoms with Crippen LogP contribution in [0.1, 0.15) is 33.9 Å². The van der Waals surface area contributed by atoms with E-state index in [9.17, 15) is 4.79 Å². The lowest BCUT2D eigenvalue weighted by molar-refractivity contribution is 0.0695. The molecule has 5 nitrogen and oxygen atoms in total. The lowest BCUT2D eigenvalue weighted by atomic mass is 9.92. The van der Waals surface area contributed by atoms with Crippen LogP contribution in [0.5, 0.6) is 0 Å². The van der Waals surface area contributed by atoms with Gasteiger partial charge in [-0.25, -0.2) is 0 Å². The molecule has 0 saturated carbocycles. The summed E-state index contributed by atoms with van der Waals surface area (Å²) in [6, 6.07) is 3.84. The summed E-state index contributed by atoms with van der Waals surface area (Å²) in [6.07, 6.45) is 6.82. The Morgan fingerprint density at radius 2 is 1.96 bits per heavy atom. The smallest absolute Gasteiger partial charge is 0.263 e. The number of nitrogens with zero attached hydrogens (tertiary/aromatic N) is 4. The lowest BCUT2D eigenvalue weighted by Gasteiger charge is -2.31. The molecule has 1 aliphatic heterocycles. The predicted molar refractivity (Wildman–Crippen MR) is 96.1 cm³/mol. The Kier molecular flexibility index (Phi) is 5.58. The topological polar surface area (TPSA) is 49.3 Å². The number of amides is 1. The first-order valence-electron chi connectivity index (χ1n) is 8.39. The summed E-state index contributed by atoms with van der Waals surface area (Å²) in [6.45, 7) is 2.50. The fraction of sp³-hybridized carbons (Fsp3) is 0.500. The monoisotopic (exact) mass is 344 g/mol. The Labute approximate surface area is 147 Å². The zero-order valence-corrected chi connectivity index (χ0v) is 15.1. The van der Waals surface area contributed by atoms with Crippen LogP contribution in [-0.4, -0.2) is 52.9 Å². The first-order valence-corrected chi connectivity index (χ1v) is 9.27. The van der Waals surface area contributed by atoms with E-state index < -0.39 is 0 Å². The van der Waals surface area contributed by atoms with Gasteiger partial charge in [-0.15, -0.1) is 11.3 Å². The van der Waals surface area contributed by atoms with E-state index in [1.54, 1.807) is 0 Å². The Morgan fingerprint density at radius 3 is 2.54 bits per heavy atom. The molecule has 1 fully saturated rings. The number of thiophene rings is 1. The number of carbonyl (C=O) groups excluding carboxylic acids is 1. The van der Waals surface area contributed by atoms with Gasteiger partial charge in [0.2, 0.25) is 0 Å². The maximum atomic E-state index is 12.4. The van der Waals surface area contributed by atoms with Gasteiger partial charge in [0.1, 0.15) is 0 Å². The summed E-state index contributed by atoms with van der Waals surface area (Å²) in [4.78, 5) is 26.3. The second kappa shape index (κ2) is 7.85. The highest BCUT2D eigenvalue weighted by atomic mass is 32.1.